The first-order valence-electron chi connectivity index (χ1n) is 10.4. The minimum atomic E-state index is -0.642. The summed E-state index contributed by atoms with van der Waals surface area (Å²) in [6.45, 7) is 5.44. The normalized spacial score (nSPS) is 10.3. The molecule has 10 heteroatoms. The van der Waals surface area contributed by atoms with Crippen molar-refractivity contribution in [2.75, 3.05) is 6.61 Å². The van der Waals surface area contributed by atoms with E-state index in [9.17, 15) is 9.90 Å². The van der Waals surface area contributed by atoms with Crippen LogP contribution in [0.15, 0.2) is 63.8 Å². The molecular formula is C26H24Cl2N2O6. The van der Waals surface area contributed by atoms with Gasteiger partial charge in [-0.3, -0.25) is 4.79 Å². The Labute approximate surface area is 217 Å². The summed E-state index contributed by atoms with van der Waals surface area (Å²) < 4.78 is 11.6. The van der Waals surface area contributed by atoms with Gasteiger partial charge in [0.2, 0.25) is 5.89 Å². The average molecular weight is 531 g/mol. The minimum absolute atomic E-state index is 0.0434. The Bertz CT molecular complexity index is 1430. The van der Waals surface area contributed by atoms with Crippen LogP contribution in [0.3, 0.4) is 0 Å². The van der Waals surface area contributed by atoms with Gasteiger partial charge < -0.3 is 19.4 Å². The van der Waals surface area contributed by atoms with Crippen LogP contribution < -0.4 is 10.5 Å². The minimum Gasteiger partial charge on any atom is -0.507 e. The summed E-state index contributed by atoms with van der Waals surface area (Å²) in [7, 11) is 0. The van der Waals surface area contributed by atoms with Crippen LogP contribution in [0.2, 0.25) is 10.0 Å². The molecule has 1 aromatic heterocycles. The Morgan fingerprint density at radius 1 is 1.14 bits per heavy atom. The number of phenols is 1. The summed E-state index contributed by atoms with van der Waals surface area (Å²) >= 11 is 12.2. The fourth-order valence-electron chi connectivity index (χ4n) is 2.85. The molecular weight excluding hydrogens is 507 g/mol. The third kappa shape index (κ3) is 7.28. The molecule has 0 unspecified atom stereocenters. The number of hydrogen-bond acceptors (Lipinski definition) is 6. The molecule has 0 saturated heterocycles. The summed E-state index contributed by atoms with van der Waals surface area (Å²) in [5, 5.41) is 23.0. The van der Waals surface area contributed by atoms with E-state index in [0.717, 1.165) is 15.5 Å². The van der Waals surface area contributed by atoms with Crippen molar-refractivity contribution >= 4 is 40.4 Å². The molecule has 0 aliphatic heterocycles. The van der Waals surface area contributed by atoms with Crippen LogP contribution in [0, 0.1) is 12.3 Å². The fraction of sp³-hybridized carbons (Fsp3) is 0.192. The Morgan fingerprint density at radius 3 is 2.36 bits per heavy atom. The van der Waals surface area contributed by atoms with Gasteiger partial charge in [0, 0.05) is 16.9 Å². The Balaban J connectivity index is 0.000000269. The number of aromatic nitrogens is 2. The van der Waals surface area contributed by atoms with Crippen LogP contribution in [0.5, 0.6) is 11.5 Å². The lowest BCUT2D eigenvalue weighted by molar-refractivity contribution is -0.122. The first-order valence-corrected chi connectivity index (χ1v) is 11.2. The van der Waals surface area contributed by atoms with Gasteiger partial charge in [0.05, 0.1) is 15.7 Å². The van der Waals surface area contributed by atoms with Gasteiger partial charge in [0.1, 0.15) is 18.1 Å². The van der Waals surface area contributed by atoms with Crippen LogP contribution in [-0.4, -0.2) is 33.1 Å². The number of fused-ring (bicyclic) bond motifs is 1. The number of ether oxygens (including phenoxy) is 1. The van der Waals surface area contributed by atoms with Gasteiger partial charge >= 0.3 is 5.76 Å². The molecule has 0 saturated carbocycles. The first kappa shape index (κ1) is 28.3. The zero-order valence-corrected chi connectivity index (χ0v) is 21.2. The highest BCUT2D eigenvalue weighted by molar-refractivity contribution is 6.36. The molecule has 3 aromatic carbocycles. The number of halogens is 2. The van der Waals surface area contributed by atoms with Crippen LogP contribution in [0.4, 0.5) is 0 Å². The second-order valence-corrected chi connectivity index (χ2v) is 8.98. The molecule has 0 atom stereocenters. The predicted octanol–water partition coefficient (Wildman–Crippen LogP) is 5.69. The SMILES string of the molecule is C#CCOc1cc(-n2nc(C(C)(C)C)oc2=O)c(Cl)cc1Cl.O=CO.Oc1cccc2ccccc12. The van der Waals surface area contributed by atoms with Crippen molar-refractivity contribution in [3.8, 4) is 29.5 Å². The van der Waals surface area contributed by atoms with E-state index in [0.29, 0.717) is 23.1 Å². The quantitative estimate of drug-likeness (QED) is 0.258. The Hall–Kier alpha value is -3.93. The molecule has 4 aromatic rings. The highest BCUT2D eigenvalue weighted by atomic mass is 35.5. The summed E-state index contributed by atoms with van der Waals surface area (Å²) in [6, 6.07) is 16.2. The molecule has 0 aliphatic rings. The maximum absolute atomic E-state index is 12.0. The first-order chi connectivity index (χ1) is 17.0. The van der Waals surface area contributed by atoms with E-state index >= 15 is 0 Å². The Morgan fingerprint density at radius 2 is 1.78 bits per heavy atom. The molecule has 1 heterocycles. The zero-order chi connectivity index (χ0) is 26.9. The van der Waals surface area contributed by atoms with E-state index < -0.39 is 11.2 Å². The second-order valence-electron chi connectivity index (χ2n) is 8.17. The number of phenolic OH excluding ortho intramolecular Hbond substituents is 1. The van der Waals surface area contributed by atoms with Gasteiger partial charge in [-0.15, -0.1) is 11.5 Å². The van der Waals surface area contributed by atoms with Gasteiger partial charge in [-0.25, -0.2) is 4.79 Å². The molecule has 0 amide bonds. The maximum Gasteiger partial charge on any atom is 0.442 e. The summed E-state index contributed by atoms with van der Waals surface area (Å²) in [5.74, 6) is 2.66. The van der Waals surface area contributed by atoms with E-state index in [-0.39, 0.29) is 23.1 Å². The molecule has 4 rings (SSSR count). The van der Waals surface area contributed by atoms with Gasteiger partial charge in [-0.05, 0) is 17.5 Å². The third-order valence-electron chi connectivity index (χ3n) is 4.50. The van der Waals surface area contributed by atoms with Crippen molar-refractivity contribution in [3.05, 3.63) is 81.1 Å². The molecule has 0 fully saturated rings. The monoisotopic (exact) mass is 530 g/mol. The molecule has 188 valence electrons. The lowest BCUT2D eigenvalue weighted by atomic mass is 9.97. The second kappa shape index (κ2) is 12.7. The van der Waals surface area contributed by atoms with Crippen molar-refractivity contribution in [2.24, 2.45) is 0 Å². The standard InChI is InChI=1S/C15H14Cl2N2O3.C10H8O.CH2O2/c1-5-6-21-12-8-11(9(16)7-10(12)17)19-14(20)22-13(18-19)15(2,3)4;11-10-7-3-5-8-4-1-2-6-9(8)10;2-1-3/h1,7-8H,6H2,2-4H3;1-7,11H;1H,(H,2,3). The molecule has 8 nitrogen and oxygen atoms in total. The van der Waals surface area contributed by atoms with E-state index in [1.807, 2.05) is 57.2 Å². The zero-order valence-electron chi connectivity index (χ0n) is 19.7. The number of nitrogens with zero attached hydrogens (tertiary/aromatic N) is 2. The number of terminal acetylenes is 1. The molecule has 36 heavy (non-hydrogen) atoms. The highest BCUT2D eigenvalue weighted by Crippen LogP contribution is 2.33. The average Bonchev–Trinajstić information content (AvgIpc) is 3.22. The fourth-order valence-corrected chi connectivity index (χ4v) is 3.37. The molecule has 0 aliphatic carbocycles. The van der Waals surface area contributed by atoms with Crippen LogP contribution in [-0.2, 0) is 10.2 Å². The third-order valence-corrected chi connectivity index (χ3v) is 5.09. The summed E-state index contributed by atoms with van der Waals surface area (Å²) in [5.41, 5.74) is -0.103. The molecule has 2 N–H and O–H groups in total. The molecule has 0 spiro atoms. The van der Waals surface area contributed by atoms with Gasteiger partial charge in [0.25, 0.3) is 6.47 Å². The lowest BCUT2D eigenvalue weighted by Gasteiger charge is -2.11. The summed E-state index contributed by atoms with van der Waals surface area (Å²) in [6.07, 6.45) is 5.15. The smallest absolute Gasteiger partial charge is 0.442 e. The highest BCUT2D eigenvalue weighted by Gasteiger charge is 2.24. The van der Waals surface area contributed by atoms with Crippen molar-refractivity contribution in [3.63, 3.8) is 0 Å². The van der Waals surface area contributed by atoms with Crippen LogP contribution >= 0.6 is 23.2 Å². The van der Waals surface area contributed by atoms with Gasteiger partial charge in [-0.2, -0.15) is 4.68 Å². The Kier molecular flexibility index (Phi) is 9.97. The molecule has 0 bridgehead atoms. The van der Waals surface area contributed by atoms with Crippen LogP contribution in [0.25, 0.3) is 16.5 Å². The van der Waals surface area contributed by atoms with Crippen molar-refractivity contribution in [1.82, 2.24) is 9.78 Å². The van der Waals surface area contributed by atoms with E-state index in [1.165, 1.54) is 12.1 Å². The van der Waals surface area contributed by atoms with Gasteiger partial charge in [-0.1, -0.05) is 86.3 Å². The predicted molar refractivity (Wildman–Crippen MR) is 139 cm³/mol. The largest absolute Gasteiger partial charge is 0.507 e. The van der Waals surface area contributed by atoms with Crippen molar-refractivity contribution < 1.29 is 24.2 Å². The van der Waals surface area contributed by atoms with E-state index in [1.54, 1.807) is 6.07 Å². The maximum atomic E-state index is 12.0. The number of aromatic hydroxyl groups is 1. The van der Waals surface area contributed by atoms with Crippen molar-refractivity contribution in [1.29, 1.82) is 0 Å². The number of benzene rings is 3. The number of rotatable bonds is 3. The number of hydrogen-bond donors (Lipinski definition) is 2. The lowest BCUT2D eigenvalue weighted by Crippen LogP contribution is -2.15. The summed E-state index contributed by atoms with van der Waals surface area (Å²) in [4.78, 5) is 20.4. The van der Waals surface area contributed by atoms with E-state index in [2.05, 4.69) is 11.0 Å². The topological polar surface area (TPSA) is 115 Å². The number of carbonyl (C=O) groups is 1. The molecule has 0 radical (unpaired) electrons. The number of carboxylic acid groups (broad SMARTS) is 1. The van der Waals surface area contributed by atoms with Crippen molar-refractivity contribution in [2.45, 2.75) is 26.2 Å². The van der Waals surface area contributed by atoms with E-state index in [4.69, 9.17) is 48.7 Å². The van der Waals surface area contributed by atoms with Crippen LogP contribution in [0.1, 0.15) is 26.7 Å². The van der Waals surface area contributed by atoms with Gasteiger partial charge in [0.15, 0.2) is 0 Å².